The minimum Gasteiger partial charge on any atom is -0.480 e. The predicted molar refractivity (Wildman–Crippen MR) is 73.3 cm³/mol. The highest BCUT2D eigenvalue weighted by molar-refractivity contribution is 6.35. The Bertz CT molecular complexity index is 640. The molecular weight excluding hydrogens is 264 g/mol. The highest BCUT2D eigenvalue weighted by atomic mass is 35.5. The summed E-state index contributed by atoms with van der Waals surface area (Å²) in [6.45, 7) is 0. The molecule has 98 valence electrons. The third-order valence-corrected chi connectivity index (χ3v) is 3.61. The predicted octanol–water partition coefficient (Wildman–Crippen LogP) is 2.77. The Kier molecular flexibility index (Phi) is 3.12. The fourth-order valence-corrected chi connectivity index (χ4v) is 2.39. The first-order valence-corrected chi connectivity index (χ1v) is 6.56. The monoisotopic (exact) mass is 276 g/mol. The molecule has 4 nitrogen and oxygen atoms in total. The highest BCUT2D eigenvalue weighted by Crippen LogP contribution is 2.31. The van der Waals surface area contributed by atoms with E-state index >= 15 is 0 Å². The van der Waals surface area contributed by atoms with Crippen molar-refractivity contribution in [1.82, 2.24) is 10.3 Å². The third-order valence-electron chi connectivity index (χ3n) is 3.29. The number of nitrogens with zero attached hydrogens (tertiary/aromatic N) is 1. The highest BCUT2D eigenvalue weighted by Gasteiger charge is 2.30. The van der Waals surface area contributed by atoms with Gasteiger partial charge in [-0.05, 0) is 31.0 Å². The Morgan fingerprint density at radius 3 is 2.89 bits per heavy atom. The van der Waals surface area contributed by atoms with E-state index in [1.54, 1.807) is 24.4 Å². The Hall–Kier alpha value is -1.65. The lowest BCUT2D eigenvalue weighted by Crippen LogP contribution is -2.30. The van der Waals surface area contributed by atoms with Crippen LogP contribution in [0.4, 0.5) is 0 Å². The summed E-state index contributed by atoms with van der Waals surface area (Å²) in [6.07, 6.45) is 3.71. The van der Waals surface area contributed by atoms with Crippen LogP contribution in [0.15, 0.2) is 30.5 Å². The van der Waals surface area contributed by atoms with Crippen LogP contribution < -0.4 is 5.32 Å². The number of benzene rings is 1. The number of carbonyl (C=O) groups is 1. The van der Waals surface area contributed by atoms with E-state index < -0.39 is 12.0 Å². The van der Waals surface area contributed by atoms with Gasteiger partial charge in [0.15, 0.2) is 0 Å². The number of carboxylic acids is 1. The normalized spacial score (nSPS) is 16.5. The molecule has 0 aliphatic heterocycles. The zero-order valence-corrected chi connectivity index (χ0v) is 10.9. The first-order valence-electron chi connectivity index (χ1n) is 6.19. The molecule has 1 aromatic heterocycles. The topological polar surface area (TPSA) is 62.2 Å². The molecule has 2 aromatic rings. The molecular formula is C14H13ClN2O2. The molecule has 1 atom stereocenters. The van der Waals surface area contributed by atoms with Crippen LogP contribution in [-0.4, -0.2) is 22.1 Å². The fourth-order valence-electron chi connectivity index (χ4n) is 2.17. The number of hydrogen-bond acceptors (Lipinski definition) is 3. The van der Waals surface area contributed by atoms with Gasteiger partial charge in [0.2, 0.25) is 0 Å². The van der Waals surface area contributed by atoms with Gasteiger partial charge in [-0.3, -0.25) is 15.1 Å². The van der Waals surface area contributed by atoms with Gasteiger partial charge in [0.05, 0.1) is 5.52 Å². The van der Waals surface area contributed by atoms with E-state index in [4.69, 9.17) is 11.6 Å². The van der Waals surface area contributed by atoms with E-state index in [1.165, 1.54) is 0 Å². The standard InChI is InChI=1S/C14H13ClN2O2/c15-11-6-5-10(12-9(11)2-1-7-16-12)13(14(18)19)17-8-3-4-8/h1-2,5-8,13,17H,3-4H2,(H,18,19). The van der Waals surface area contributed by atoms with Gasteiger partial charge in [-0.15, -0.1) is 0 Å². The van der Waals surface area contributed by atoms with Crippen LogP contribution in [0, 0.1) is 0 Å². The minimum atomic E-state index is -0.888. The maximum Gasteiger partial charge on any atom is 0.325 e. The van der Waals surface area contributed by atoms with Crippen molar-refractivity contribution in [3.63, 3.8) is 0 Å². The van der Waals surface area contributed by atoms with Crippen molar-refractivity contribution >= 4 is 28.5 Å². The molecule has 1 aliphatic rings. The maximum absolute atomic E-state index is 11.5. The molecule has 2 N–H and O–H groups in total. The lowest BCUT2D eigenvalue weighted by atomic mass is 10.0. The average molecular weight is 277 g/mol. The zero-order chi connectivity index (χ0) is 13.4. The molecule has 19 heavy (non-hydrogen) atoms. The number of nitrogens with one attached hydrogen (secondary N) is 1. The zero-order valence-electron chi connectivity index (χ0n) is 10.1. The lowest BCUT2D eigenvalue weighted by molar-refractivity contribution is -0.139. The average Bonchev–Trinajstić information content (AvgIpc) is 3.21. The number of carboxylic acid groups (broad SMARTS) is 1. The van der Waals surface area contributed by atoms with Gasteiger partial charge in [-0.2, -0.15) is 0 Å². The molecule has 1 fully saturated rings. The van der Waals surface area contributed by atoms with E-state index in [-0.39, 0.29) is 0 Å². The largest absolute Gasteiger partial charge is 0.480 e. The van der Waals surface area contributed by atoms with E-state index in [2.05, 4.69) is 10.3 Å². The molecule has 0 spiro atoms. The van der Waals surface area contributed by atoms with Crippen molar-refractivity contribution in [1.29, 1.82) is 0 Å². The Labute approximate surface area is 115 Å². The maximum atomic E-state index is 11.5. The number of aromatic nitrogens is 1. The fraction of sp³-hybridized carbons (Fsp3) is 0.286. The number of fused-ring (bicyclic) bond motifs is 1. The van der Waals surface area contributed by atoms with Crippen molar-refractivity contribution in [2.45, 2.75) is 24.9 Å². The van der Waals surface area contributed by atoms with Gasteiger partial charge in [-0.25, -0.2) is 0 Å². The van der Waals surface area contributed by atoms with Gasteiger partial charge in [-0.1, -0.05) is 17.7 Å². The van der Waals surface area contributed by atoms with Crippen LogP contribution in [0.1, 0.15) is 24.4 Å². The summed E-state index contributed by atoms with van der Waals surface area (Å²) in [7, 11) is 0. The summed E-state index contributed by atoms with van der Waals surface area (Å²) in [6, 6.07) is 6.68. The number of hydrogen-bond donors (Lipinski definition) is 2. The second-order valence-electron chi connectivity index (χ2n) is 4.75. The van der Waals surface area contributed by atoms with E-state index in [1.807, 2.05) is 6.07 Å². The summed E-state index contributed by atoms with van der Waals surface area (Å²) >= 11 is 6.12. The summed E-state index contributed by atoms with van der Waals surface area (Å²) in [5.74, 6) is -0.888. The molecule has 1 aromatic carbocycles. The molecule has 1 aliphatic carbocycles. The second-order valence-corrected chi connectivity index (χ2v) is 5.16. The minimum absolute atomic E-state index is 0.301. The van der Waals surface area contributed by atoms with Crippen LogP contribution in [0.5, 0.6) is 0 Å². The number of aliphatic carboxylic acids is 1. The Balaban J connectivity index is 2.11. The molecule has 0 radical (unpaired) electrons. The number of pyridine rings is 1. The van der Waals surface area contributed by atoms with Crippen LogP contribution in [0.2, 0.25) is 5.02 Å². The first-order chi connectivity index (χ1) is 9.16. The van der Waals surface area contributed by atoms with Crippen LogP contribution in [0.3, 0.4) is 0 Å². The van der Waals surface area contributed by atoms with Crippen molar-refractivity contribution in [2.24, 2.45) is 0 Å². The van der Waals surface area contributed by atoms with Gasteiger partial charge in [0.1, 0.15) is 6.04 Å². The van der Waals surface area contributed by atoms with Crippen LogP contribution >= 0.6 is 11.6 Å². The molecule has 0 bridgehead atoms. The quantitative estimate of drug-likeness (QED) is 0.901. The summed E-state index contributed by atoms with van der Waals surface area (Å²) in [5, 5.41) is 13.9. The van der Waals surface area contributed by atoms with Gasteiger partial charge in [0, 0.05) is 28.2 Å². The molecule has 0 saturated heterocycles. The smallest absolute Gasteiger partial charge is 0.325 e. The van der Waals surface area contributed by atoms with Crippen LogP contribution in [0.25, 0.3) is 10.9 Å². The molecule has 1 unspecified atom stereocenters. The van der Waals surface area contributed by atoms with E-state index in [9.17, 15) is 9.90 Å². The van der Waals surface area contributed by atoms with Gasteiger partial charge in [0.25, 0.3) is 0 Å². The molecule has 1 saturated carbocycles. The summed E-state index contributed by atoms with van der Waals surface area (Å²) in [5.41, 5.74) is 1.31. The van der Waals surface area contributed by atoms with Gasteiger partial charge < -0.3 is 5.11 Å². The third kappa shape index (κ3) is 2.41. The van der Waals surface area contributed by atoms with Crippen molar-refractivity contribution < 1.29 is 9.90 Å². The summed E-state index contributed by atoms with van der Waals surface area (Å²) < 4.78 is 0. The first kappa shape index (κ1) is 12.4. The second kappa shape index (κ2) is 4.79. The van der Waals surface area contributed by atoms with Crippen molar-refractivity contribution in [3.8, 4) is 0 Å². The Morgan fingerprint density at radius 1 is 1.42 bits per heavy atom. The van der Waals surface area contributed by atoms with Gasteiger partial charge >= 0.3 is 5.97 Å². The summed E-state index contributed by atoms with van der Waals surface area (Å²) in [4.78, 5) is 15.8. The van der Waals surface area contributed by atoms with Crippen LogP contribution in [-0.2, 0) is 4.79 Å². The van der Waals surface area contributed by atoms with Crippen molar-refractivity contribution in [3.05, 3.63) is 41.0 Å². The van der Waals surface area contributed by atoms with Crippen molar-refractivity contribution in [2.75, 3.05) is 0 Å². The molecule has 1 heterocycles. The lowest BCUT2D eigenvalue weighted by Gasteiger charge is -2.16. The van der Waals surface area contributed by atoms with E-state index in [0.29, 0.717) is 22.1 Å². The SMILES string of the molecule is O=C(O)C(NC1CC1)c1ccc(Cl)c2cccnc12. The number of halogens is 1. The molecule has 0 amide bonds. The molecule has 3 rings (SSSR count). The van der Waals surface area contributed by atoms with E-state index in [0.717, 1.165) is 18.2 Å². The number of rotatable bonds is 4. The molecule has 5 heteroatoms. The Morgan fingerprint density at radius 2 is 2.21 bits per heavy atom.